The van der Waals surface area contributed by atoms with E-state index < -0.39 is 7.82 Å². The third-order valence-corrected chi connectivity index (χ3v) is 6.06. The summed E-state index contributed by atoms with van der Waals surface area (Å²) >= 11 is 6.17. The molecule has 0 spiro atoms. The van der Waals surface area contributed by atoms with Gasteiger partial charge in [0.25, 0.3) is 0 Å². The molecular formula is C25H35ClN3O5P. The summed E-state index contributed by atoms with van der Waals surface area (Å²) < 4.78 is 14.2. The topological polar surface area (TPSA) is 115 Å². The van der Waals surface area contributed by atoms with Crippen molar-refractivity contribution in [1.82, 2.24) is 9.88 Å². The smallest absolute Gasteiger partial charge is 0.466 e. The quantitative estimate of drug-likeness (QED) is 0.268. The predicted octanol–water partition coefficient (Wildman–Crippen LogP) is 5.20. The summed E-state index contributed by atoms with van der Waals surface area (Å²) in [4.78, 5) is 28.6. The first kappa shape index (κ1) is 29.0. The molecule has 192 valence electrons. The van der Waals surface area contributed by atoms with E-state index in [0.29, 0.717) is 10.9 Å². The fourth-order valence-corrected chi connectivity index (χ4v) is 4.03. The second-order valence-corrected chi connectivity index (χ2v) is 9.62. The Balaban J connectivity index is 0.000000784. The van der Waals surface area contributed by atoms with Crippen LogP contribution in [0.2, 0.25) is 5.02 Å². The average Bonchev–Trinajstić information content (AvgIpc) is 2.81. The van der Waals surface area contributed by atoms with Gasteiger partial charge in [0.05, 0.1) is 12.6 Å². The first-order chi connectivity index (χ1) is 16.5. The number of hydrogen-bond acceptors (Lipinski definition) is 5. The van der Waals surface area contributed by atoms with Crippen LogP contribution in [0.15, 0.2) is 48.7 Å². The molecule has 10 heteroatoms. The fraction of sp³-hybridized carbons (Fsp3) is 0.400. The number of ether oxygens (including phenoxy) is 1. The number of pyridine rings is 1. The third-order valence-electron chi connectivity index (χ3n) is 5.82. The van der Waals surface area contributed by atoms with Crippen molar-refractivity contribution in [2.45, 2.75) is 33.1 Å². The number of fused-ring (bicyclic) bond motifs is 1. The van der Waals surface area contributed by atoms with Crippen molar-refractivity contribution in [3.8, 4) is 5.75 Å². The van der Waals surface area contributed by atoms with E-state index in [1.807, 2.05) is 18.3 Å². The number of hydrogen-bond donors (Lipinski definition) is 4. The highest BCUT2D eigenvalue weighted by Gasteiger charge is 2.15. The summed E-state index contributed by atoms with van der Waals surface area (Å²) in [5.74, 6) is 1.29. The number of nitrogens with one attached hydrogen (secondary N) is 1. The zero-order chi connectivity index (χ0) is 26.0. The zero-order valence-electron chi connectivity index (χ0n) is 20.6. The molecule has 0 bridgehead atoms. The van der Waals surface area contributed by atoms with E-state index in [0.717, 1.165) is 60.5 Å². The highest BCUT2D eigenvalue weighted by atomic mass is 35.5. The lowest BCUT2D eigenvalue weighted by Crippen LogP contribution is -2.27. The van der Waals surface area contributed by atoms with Crippen molar-refractivity contribution in [2.75, 3.05) is 38.6 Å². The minimum absolute atomic E-state index is 0.395. The number of anilines is 1. The van der Waals surface area contributed by atoms with Crippen LogP contribution >= 0.6 is 19.4 Å². The first-order valence-corrected chi connectivity index (χ1v) is 13.4. The van der Waals surface area contributed by atoms with Crippen LogP contribution in [0.4, 0.5) is 5.69 Å². The van der Waals surface area contributed by atoms with Gasteiger partial charge in [-0.1, -0.05) is 37.6 Å². The lowest BCUT2D eigenvalue weighted by Gasteiger charge is -2.24. The number of phosphoric acid groups is 1. The number of halogens is 1. The van der Waals surface area contributed by atoms with Crippen molar-refractivity contribution >= 4 is 36.0 Å². The van der Waals surface area contributed by atoms with Crippen LogP contribution in [0.25, 0.3) is 10.9 Å². The molecule has 3 aromatic rings. The maximum atomic E-state index is 8.88. The molecule has 0 amide bonds. The summed E-state index contributed by atoms with van der Waals surface area (Å²) in [6, 6.07) is 14.4. The van der Waals surface area contributed by atoms with Crippen molar-refractivity contribution in [1.29, 1.82) is 0 Å². The van der Waals surface area contributed by atoms with Gasteiger partial charge in [-0.2, -0.15) is 0 Å². The van der Waals surface area contributed by atoms with Gasteiger partial charge in [-0.05, 0) is 74.4 Å². The van der Waals surface area contributed by atoms with E-state index in [2.05, 4.69) is 66.3 Å². The van der Waals surface area contributed by atoms with Gasteiger partial charge >= 0.3 is 7.82 Å². The third kappa shape index (κ3) is 9.76. The Hall–Kier alpha value is -2.19. The molecule has 4 N–H and O–H groups in total. The minimum atomic E-state index is -4.64. The Labute approximate surface area is 212 Å². The van der Waals surface area contributed by atoms with Crippen LogP contribution in [-0.4, -0.2) is 57.9 Å². The molecule has 0 radical (unpaired) electrons. The second-order valence-electron chi connectivity index (χ2n) is 8.16. The highest BCUT2D eigenvalue weighted by molar-refractivity contribution is 7.45. The van der Waals surface area contributed by atoms with Gasteiger partial charge in [-0.25, -0.2) is 4.57 Å². The van der Waals surface area contributed by atoms with Gasteiger partial charge < -0.3 is 29.6 Å². The molecule has 1 unspecified atom stereocenters. The molecule has 1 heterocycles. The van der Waals surface area contributed by atoms with Gasteiger partial charge in [0.15, 0.2) is 0 Å². The van der Waals surface area contributed by atoms with Crippen LogP contribution < -0.4 is 10.1 Å². The van der Waals surface area contributed by atoms with E-state index in [9.17, 15) is 0 Å². The molecule has 0 fully saturated rings. The van der Waals surface area contributed by atoms with Crippen LogP contribution in [0, 0.1) is 6.92 Å². The Bertz CT molecular complexity index is 1110. The van der Waals surface area contributed by atoms with Gasteiger partial charge in [0.2, 0.25) is 0 Å². The number of nitrogens with zero attached hydrogens (tertiary/aromatic N) is 2. The molecule has 0 aliphatic rings. The van der Waals surface area contributed by atoms with E-state index >= 15 is 0 Å². The van der Waals surface area contributed by atoms with Gasteiger partial charge in [0, 0.05) is 34.8 Å². The normalized spacial score (nSPS) is 12.3. The molecule has 35 heavy (non-hydrogen) atoms. The second kappa shape index (κ2) is 13.8. The van der Waals surface area contributed by atoms with Crippen LogP contribution in [0.5, 0.6) is 5.75 Å². The van der Waals surface area contributed by atoms with Crippen LogP contribution in [0.3, 0.4) is 0 Å². The molecule has 2 aromatic carbocycles. The summed E-state index contributed by atoms with van der Waals surface area (Å²) in [6.07, 6.45) is 3.01. The van der Waals surface area contributed by atoms with Crippen molar-refractivity contribution in [3.63, 3.8) is 0 Å². The van der Waals surface area contributed by atoms with Crippen LogP contribution in [0.1, 0.15) is 37.3 Å². The van der Waals surface area contributed by atoms with Crippen LogP contribution in [-0.2, 0) is 4.57 Å². The van der Waals surface area contributed by atoms with Crippen molar-refractivity contribution in [3.05, 3.63) is 64.8 Å². The maximum absolute atomic E-state index is 8.88. The van der Waals surface area contributed by atoms with Crippen molar-refractivity contribution < 1.29 is 24.0 Å². The molecule has 0 aliphatic carbocycles. The molecule has 1 atom stereocenters. The lowest BCUT2D eigenvalue weighted by atomic mass is 9.94. The monoisotopic (exact) mass is 523 g/mol. The van der Waals surface area contributed by atoms with Crippen molar-refractivity contribution in [2.24, 2.45) is 0 Å². The van der Waals surface area contributed by atoms with E-state index in [1.54, 1.807) is 7.11 Å². The number of rotatable bonds is 10. The summed E-state index contributed by atoms with van der Waals surface area (Å²) in [7, 11) is -2.93. The highest BCUT2D eigenvalue weighted by Crippen LogP contribution is 2.30. The lowest BCUT2D eigenvalue weighted by molar-refractivity contribution is 0.275. The molecule has 0 saturated carbocycles. The van der Waals surface area contributed by atoms with Gasteiger partial charge in [0.1, 0.15) is 5.75 Å². The number of aryl methyl sites for hydroxylation is 1. The zero-order valence-corrected chi connectivity index (χ0v) is 22.3. The Morgan fingerprint density at radius 3 is 2.31 bits per heavy atom. The minimum Gasteiger partial charge on any atom is -0.497 e. The average molecular weight is 524 g/mol. The summed E-state index contributed by atoms with van der Waals surface area (Å²) in [5.41, 5.74) is 4.52. The maximum Gasteiger partial charge on any atom is 0.466 e. The van der Waals surface area contributed by atoms with Gasteiger partial charge in [-0.3, -0.25) is 4.98 Å². The molecule has 0 aliphatic heterocycles. The van der Waals surface area contributed by atoms with Gasteiger partial charge in [-0.15, -0.1) is 0 Å². The molecule has 3 rings (SSSR count). The summed E-state index contributed by atoms with van der Waals surface area (Å²) in [6.45, 7) is 10.6. The number of aromatic nitrogens is 1. The largest absolute Gasteiger partial charge is 0.497 e. The number of methoxy groups -OCH3 is 1. The van der Waals surface area contributed by atoms with E-state index in [4.69, 9.17) is 35.6 Å². The number of benzene rings is 2. The summed E-state index contributed by atoms with van der Waals surface area (Å²) in [5, 5.41) is 5.55. The Morgan fingerprint density at radius 2 is 1.74 bits per heavy atom. The van der Waals surface area contributed by atoms with E-state index in [-0.39, 0.29) is 0 Å². The van der Waals surface area contributed by atoms with E-state index in [1.165, 1.54) is 5.56 Å². The standard InChI is InChI=1S/C25H32ClN3O.H3O4P/c1-5-29(6-2)14-13-20(19-7-10-22(30-4)11-8-19)17-28-25-18(3)16-27-24-15-21(26)9-12-23(24)25;1-5(2,3)4/h7-12,15-16,20H,5-6,13-14,17H2,1-4H3,(H,27,28);(H3,1,2,3,4). The SMILES string of the molecule is CCN(CC)CCC(CNc1c(C)cnc2cc(Cl)ccc12)c1ccc(OC)cc1.O=P(O)(O)O. The molecule has 0 saturated heterocycles. The molecule has 1 aromatic heterocycles. The fourth-order valence-electron chi connectivity index (χ4n) is 3.87. The Morgan fingerprint density at radius 1 is 1.11 bits per heavy atom. The Kier molecular flexibility index (Phi) is 11.4. The molecular weight excluding hydrogens is 489 g/mol. The molecule has 8 nitrogen and oxygen atoms in total. The predicted molar refractivity (Wildman–Crippen MR) is 142 cm³/mol. The first-order valence-electron chi connectivity index (χ1n) is 11.5.